The number of nitrogens with one attached hydrogen (secondary N) is 2. The molecule has 2 aromatic rings. The van der Waals surface area contributed by atoms with E-state index in [1.165, 1.54) is 0 Å². The summed E-state index contributed by atoms with van der Waals surface area (Å²) >= 11 is 0. The number of hydrogen-bond acceptors (Lipinski definition) is 4. The first kappa shape index (κ1) is 13.5. The number of aryl methyl sites for hydroxylation is 1. The summed E-state index contributed by atoms with van der Waals surface area (Å²) in [6.07, 6.45) is 0. The van der Waals surface area contributed by atoms with Crippen molar-refractivity contribution in [1.29, 1.82) is 16.1 Å². The van der Waals surface area contributed by atoms with Crippen LogP contribution in [0.3, 0.4) is 0 Å². The molecule has 0 aromatic heterocycles. The van der Waals surface area contributed by atoms with Crippen LogP contribution in [0.2, 0.25) is 0 Å². The molecule has 2 aromatic carbocycles. The molecule has 0 heterocycles. The van der Waals surface area contributed by atoms with Crippen molar-refractivity contribution in [3.05, 3.63) is 70.8 Å². The van der Waals surface area contributed by atoms with Gasteiger partial charge in [0.25, 0.3) is 0 Å². The molecule has 0 unspecified atom stereocenters. The van der Waals surface area contributed by atoms with E-state index in [1.807, 2.05) is 31.2 Å². The normalized spacial score (nSPS) is 9.60. The number of ether oxygens (including phenoxy) is 1. The Hall–Kier alpha value is -2.93. The van der Waals surface area contributed by atoms with Gasteiger partial charge in [0.15, 0.2) is 0 Å². The SMILES string of the molecule is Cc1cccc(C(=N)OC(=N)c2cccc(C#N)c2)c1. The van der Waals surface area contributed by atoms with Crippen LogP contribution in [-0.4, -0.2) is 11.8 Å². The number of rotatable bonds is 2. The quantitative estimate of drug-likeness (QED) is 0.644. The van der Waals surface area contributed by atoms with E-state index in [0.717, 1.165) is 5.56 Å². The van der Waals surface area contributed by atoms with Crippen LogP contribution in [0.4, 0.5) is 0 Å². The zero-order valence-corrected chi connectivity index (χ0v) is 11.0. The van der Waals surface area contributed by atoms with Crippen molar-refractivity contribution < 1.29 is 4.74 Å². The summed E-state index contributed by atoms with van der Waals surface area (Å²) in [6.45, 7) is 1.93. The van der Waals surface area contributed by atoms with Crippen LogP contribution < -0.4 is 0 Å². The summed E-state index contributed by atoms with van der Waals surface area (Å²) in [5, 5.41) is 24.6. The molecule has 4 nitrogen and oxygen atoms in total. The Morgan fingerprint density at radius 1 is 1.00 bits per heavy atom. The first-order valence-electron chi connectivity index (χ1n) is 6.02. The van der Waals surface area contributed by atoms with Crippen molar-refractivity contribution in [2.75, 3.05) is 0 Å². The van der Waals surface area contributed by atoms with Crippen molar-refractivity contribution in [1.82, 2.24) is 0 Å². The van der Waals surface area contributed by atoms with E-state index in [1.54, 1.807) is 30.3 Å². The minimum Gasteiger partial charge on any atom is -0.421 e. The first-order chi connectivity index (χ1) is 9.60. The molecule has 0 aliphatic heterocycles. The minimum absolute atomic E-state index is 0.0824. The van der Waals surface area contributed by atoms with Gasteiger partial charge in [-0.1, -0.05) is 23.8 Å². The molecule has 20 heavy (non-hydrogen) atoms. The number of hydrogen-bond donors (Lipinski definition) is 2. The van der Waals surface area contributed by atoms with Crippen LogP contribution in [0.25, 0.3) is 0 Å². The maximum atomic E-state index is 8.83. The second-order valence-corrected chi connectivity index (χ2v) is 4.32. The zero-order chi connectivity index (χ0) is 14.5. The third-order valence-electron chi connectivity index (χ3n) is 2.74. The van der Waals surface area contributed by atoms with Gasteiger partial charge in [0.05, 0.1) is 11.6 Å². The van der Waals surface area contributed by atoms with Crippen LogP contribution in [-0.2, 0) is 4.74 Å². The lowest BCUT2D eigenvalue weighted by molar-refractivity contribution is 0.538. The van der Waals surface area contributed by atoms with Crippen molar-refractivity contribution in [3.63, 3.8) is 0 Å². The Morgan fingerprint density at radius 3 is 2.20 bits per heavy atom. The van der Waals surface area contributed by atoms with Gasteiger partial charge in [-0.25, -0.2) is 0 Å². The van der Waals surface area contributed by atoms with Gasteiger partial charge in [-0.15, -0.1) is 0 Å². The summed E-state index contributed by atoms with van der Waals surface area (Å²) in [5.41, 5.74) is 2.57. The van der Waals surface area contributed by atoms with Gasteiger partial charge in [-0.05, 0) is 37.3 Å². The maximum Gasteiger partial charge on any atom is 0.221 e. The molecule has 0 amide bonds. The molecule has 0 saturated carbocycles. The van der Waals surface area contributed by atoms with E-state index in [9.17, 15) is 0 Å². The molecule has 0 fully saturated rings. The molecular weight excluding hydrogens is 250 g/mol. The Kier molecular flexibility index (Phi) is 3.92. The van der Waals surface area contributed by atoms with Crippen LogP contribution in [0, 0.1) is 29.1 Å². The Labute approximate surface area is 117 Å². The first-order valence-corrected chi connectivity index (χ1v) is 6.02. The minimum atomic E-state index is -0.145. The summed E-state index contributed by atoms with van der Waals surface area (Å²) in [7, 11) is 0. The van der Waals surface area contributed by atoms with Gasteiger partial charge in [0.2, 0.25) is 11.8 Å². The predicted octanol–water partition coefficient (Wildman–Crippen LogP) is 3.23. The Balaban J connectivity index is 2.15. The van der Waals surface area contributed by atoms with Gasteiger partial charge in [-0.3, -0.25) is 10.8 Å². The molecular formula is C16H13N3O. The fourth-order valence-electron chi connectivity index (χ4n) is 1.74. The van der Waals surface area contributed by atoms with Crippen LogP contribution in [0.1, 0.15) is 22.3 Å². The Morgan fingerprint density at radius 2 is 1.60 bits per heavy atom. The molecule has 98 valence electrons. The van der Waals surface area contributed by atoms with Crippen LogP contribution in [0.5, 0.6) is 0 Å². The molecule has 0 aliphatic rings. The third kappa shape index (κ3) is 3.09. The van der Waals surface area contributed by atoms with E-state index in [0.29, 0.717) is 16.7 Å². The highest BCUT2D eigenvalue weighted by molar-refractivity contribution is 6.04. The molecule has 0 atom stereocenters. The average Bonchev–Trinajstić information content (AvgIpc) is 2.47. The third-order valence-corrected chi connectivity index (χ3v) is 2.74. The topological polar surface area (TPSA) is 80.7 Å². The van der Waals surface area contributed by atoms with Crippen LogP contribution in [0.15, 0.2) is 48.5 Å². The second-order valence-electron chi connectivity index (χ2n) is 4.32. The number of benzene rings is 2. The highest BCUT2D eigenvalue weighted by Crippen LogP contribution is 2.10. The van der Waals surface area contributed by atoms with E-state index in [4.69, 9.17) is 20.8 Å². The van der Waals surface area contributed by atoms with Crippen molar-refractivity contribution in [2.24, 2.45) is 0 Å². The highest BCUT2D eigenvalue weighted by atomic mass is 16.5. The van der Waals surface area contributed by atoms with Gasteiger partial charge >= 0.3 is 0 Å². The fraction of sp³-hybridized carbons (Fsp3) is 0.0625. The molecule has 0 bridgehead atoms. The van der Waals surface area contributed by atoms with Crippen molar-refractivity contribution >= 4 is 11.8 Å². The molecule has 0 saturated heterocycles. The molecule has 0 spiro atoms. The second kappa shape index (κ2) is 5.81. The van der Waals surface area contributed by atoms with E-state index in [-0.39, 0.29) is 11.8 Å². The van der Waals surface area contributed by atoms with Crippen LogP contribution >= 0.6 is 0 Å². The van der Waals surface area contributed by atoms with Gasteiger partial charge in [0.1, 0.15) is 0 Å². The van der Waals surface area contributed by atoms with E-state index >= 15 is 0 Å². The smallest absolute Gasteiger partial charge is 0.221 e. The highest BCUT2D eigenvalue weighted by Gasteiger charge is 2.09. The summed E-state index contributed by atoms with van der Waals surface area (Å²) < 4.78 is 5.23. The average molecular weight is 263 g/mol. The molecule has 2 N–H and O–H groups in total. The maximum absolute atomic E-state index is 8.83. The molecule has 2 rings (SSSR count). The number of nitriles is 1. The van der Waals surface area contributed by atoms with Gasteiger partial charge in [-0.2, -0.15) is 5.26 Å². The lowest BCUT2D eigenvalue weighted by Gasteiger charge is -2.09. The summed E-state index contributed by atoms with van der Waals surface area (Å²) in [5.74, 6) is -0.227. The monoisotopic (exact) mass is 263 g/mol. The van der Waals surface area contributed by atoms with Crippen molar-refractivity contribution in [3.8, 4) is 6.07 Å². The fourth-order valence-corrected chi connectivity index (χ4v) is 1.74. The largest absolute Gasteiger partial charge is 0.421 e. The van der Waals surface area contributed by atoms with E-state index in [2.05, 4.69) is 0 Å². The number of nitrogens with zero attached hydrogens (tertiary/aromatic N) is 1. The van der Waals surface area contributed by atoms with Gasteiger partial charge in [0, 0.05) is 11.1 Å². The van der Waals surface area contributed by atoms with Crippen molar-refractivity contribution in [2.45, 2.75) is 6.92 Å². The Bertz CT molecular complexity index is 714. The van der Waals surface area contributed by atoms with Gasteiger partial charge < -0.3 is 4.74 Å². The summed E-state index contributed by atoms with van der Waals surface area (Å²) in [4.78, 5) is 0. The lowest BCUT2D eigenvalue weighted by Crippen LogP contribution is -2.13. The molecule has 4 heteroatoms. The predicted molar refractivity (Wildman–Crippen MR) is 77.1 cm³/mol. The standard InChI is InChI=1S/C16H13N3O/c1-11-4-2-6-13(8-11)15(18)20-16(19)14-7-3-5-12(9-14)10-17/h2-9,18-19H,1H3. The van der Waals surface area contributed by atoms with E-state index < -0.39 is 0 Å². The molecule has 0 aliphatic carbocycles. The lowest BCUT2D eigenvalue weighted by atomic mass is 10.1. The molecule has 0 radical (unpaired) electrons. The zero-order valence-electron chi connectivity index (χ0n) is 11.0. The summed E-state index contributed by atoms with van der Waals surface area (Å²) in [6, 6.07) is 15.9.